The van der Waals surface area contributed by atoms with Gasteiger partial charge < -0.3 is 15.2 Å². The number of carboxylic acids is 1. The number of thiophene rings is 1. The number of rotatable bonds is 3. The van der Waals surface area contributed by atoms with E-state index < -0.39 is 17.4 Å². The van der Waals surface area contributed by atoms with Gasteiger partial charge in [0.15, 0.2) is 0 Å². The van der Waals surface area contributed by atoms with Crippen LogP contribution in [0.1, 0.15) is 16.6 Å². The monoisotopic (exact) mass is 289 g/mol. The number of carbonyl (C=O) groups excluding carboxylic acids is 1. The van der Waals surface area contributed by atoms with E-state index in [1.807, 2.05) is 0 Å². The zero-order chi connectivity index (χ0) is 13.3. The lowest BCUT2D eigenvalue weighted by molar-refractivity contribution is -0.148. The number of amides is 1. The molecule has 0 radical (unpaired) electrons. The van der Waals surface area contributed by atoms with Crippen LogP contribution in [-0.4, -0.2) is 36.2 Å². The topological polar surface area (TPSA) is 75.6 Å². The molecule has 2 unspecified atom stereocenters. The molecule has 2 atom stereocenters. The van der Waals surface area contributed by atoms with Crippen LogP contribution in [0.4, 0.5) is 0 Å². The van der Waals surface area contributed by atoms with Gasteiger partial charge in [-0.2, -0.15) is 0 Å². The van der Waals surface area contributed by atoms with Crippen LogP contribution in [0.2, 0.25) is 5.02 Å². The summed E-state index contributed by atoms with van der Waals surface area (Å²) in [5.74, 6) is -1.35. The van der Waals surface area contributed by atoms with Gasteiger partial charge in [0.2, 0.25) is 0 Å². The molecule has 5 nitrogen and oxygen atoms in total. The molecule has 0 saturated carbocycles. The summed E-state index contributed by atoms with van der Waals surface area (Å²) in [6.07, 6.45) is 0. The zero-order valence-electron chi connectivity index (χ0n) is 9.60. The average molecular weight is 290 g/mol. The van der Waals surface area contributed by atoms with Crippen molar-refractivity contribution in [2.24, 2.45) is 5.41 Å². The summed E-state index contributed by atoms with van der Waals surface area (Å²) in [6.45, 7) is 1.84. The molecule has 1 amide bonds. The molecule has 1 aromatic heterocycles. The van der Waals surface area contributed by atoms with Gasteiger partial charge in [0.05, 0.1) is 24.3 Å². The SMILES string of the molecule is CC1(C(=O)O)COCC1NC(=O)c1sccc1Cl. The lowest BCUT2D eigenvalue weighted by Gasteiger charge is -2.25. The van der Waals surface area contributed by atoms with Gasteiger partial charge in [0, 0.05) is 0 Å². The van der Waals surface area contributed by atoms with Crippen LogP contribution in [0.15, 0.2) is 11.4 Å². The van der Waals surface area contributed by atoms with E-state index in [-0.39, 0.29) is 19.1 Å². The molecule has 1 aliphatic heterocycles. The van der Waals surface area contributed by atoms with Crippen LogP contribution in [0.5, 0.6) is 0 Å². The van der Waals surface area contributed by atoms with Gasteiger partial charge in [-0.1, -0.05) is 11.6 Å². The summed E-state index contributed by atoms with van der Waals surface area (Å²) in [4.78, 5) is 23.6. The van der Waals surface area contributed by atoms with E-state index in [9.17, 15) is 14.7 Å². The van der Waals surface area contributed by atoms with Gasteiger partial charge in [0.1, 0.15) is 10.3 Å². The second kappa shape index (κ2) is 4.87. The van der Waals surface area contributed by atoms with Gasteiger partial charge in [-0.15, -0.1) is 11.3 Å². The Kier molecular flexibility index (Phi) is 3.61. The van der Waals surface area contributed by atoms with Gasteiger partial charge in [0.25, 0.3) is 5.91 Å². The third kappa shape index (κ3) is 2.23. The van der Waals surface area contributed by atoms with Crippen molar-refractivity contribution in [2.45, 2.75) is 13.0 Å². The highest BCUT2D eigenvalue weighted by Gasteiger charge is 2.47. The lowest BCUT2D eigenvalue weighted by Crippen LogP contribution is -2.49. The highest BCUT2D eigenvalue weighted by atomic mass is 35.5. The maximum atomic E-state index is 12.0. The predicted octanol–water partition coefficient (Wildman–Crippen LogP) is 1.62. The quantitative estimate of drug-likeness (QED) is 0.887. The van der Waals surface area contributed by atoms with Crippen molar-refractivity contribution in [2.75, 3.05) is 13.2 Å². The molecule has 98 valence electrons. The number of hydrogen-bond donors (Lipinski definition) is 2. The molecular weight excluding hydrogens is 278 g/mol. The maximum Gasteiger partial charge on any atom is 0.313 e. The number of nitrogens with one attached hydrogen (secondary N) is 1. The van der Waals surface area contributed by atoms with Crippen molar-refractivity contribution in [1.82, 2.24) is 5.32 Å². The number of carboxylic acid groups (broad SMARTS) is 1. The molecule has 2 heterocycles. The van der Waals surface area contributed by atoms with E-state index in [1.54, 1.807) is 18.4 Å². The van der Waals surface area contributed by atoms with E-state index in [0.29, 0.717) is 9.90 Å². The molecular formula is C11H12ClNO4S. The van der Waals surface area contributed by atoms with E-state index in [1.165, 1.54) is 11.3 Å². The van der Waals surface area contributed by atoms with Crippen LogP contribution in [0.25, 0.3) is 0 Å². The summed E-state index contributed by atoms with van der Waals surface area (Å²) >= 11 is 7.07. The molecule has 0 spiro atoms. The molecule has 1 fully saturated rings. The van der Waals surface area contributed by atoms with Gasteiger partial charge in [-0.3, -0.25) is 9.59 Å². The molecule has 1 aromatic rings. The summed E-state index contributed by atoms with van der Waals surface area (Å²) in [5, 5.41) is 13.9. The first-order valence-electron chi connectivity index (χ1n) is 5.30. The van der Waals surface area contributed by atoms with E-state index in [4.69, 9.17) is 16.3 Å². The van der Waals surface area contributed by atoms with Crippen molar-refractivity contribution in [3.05, 3.63) is 21.3 Å². The number of halogens is 1. The van der Waals surface area contributed by atoms with E-state index in [2.05, 4.69) is 5.32 Å². The molecule has 2 N–H and O–H groups in total. The van der Waals surface area contributed by atoms with Crippen LogP contribution in [-0.2, 0) is 9.53 Å². The maximum absolute atomic E-state index is 12.0. The minimum atomic E-state index is -1.10. The Morgan fingerprint density at radius 2 is 2.39 bits per heavy atom. The Labute approximate surface area is 113 Å². The second-order valence-electron chi connectivity index (χ2n) is 4.36. The molecule has 2 rings (SSSR count). The highest BCUT2D eigenvalue weighted by Crippen LogP contribution is 2.30. The highest BCUT2D eigenvalue weighted by molar-refractivity contribution is 7.12. The summed E-state index contributed by atoms with van der Waals surface area (Å²) in [5.41, 5.74) is -1.10. The Balaban J connectivity index is 2.13. The first kappa shape index (κ1) is 13.3. The van der Waals surface area contributed by atoms with Crippen molar-refractivity contribution in [1.29, 1.82) is 0 Å². The number of aliphatic carboxylic acids is 1. The molecule has 1 saturated heterocycles. The summed E-state index contributed by atoms with van der Waals surface area (Å²) in [7, 11) is 0. The third-order valence-electron chi connectivity index (χ3n) is 3.07. The van der Waals surface area contributed by atoms with Crippen LogP contribution in [0, 0.1) is 5.41 Å². The smallest absolute Gasteiger partial charge is 0.313 e. The van der Waals surface area contributed by atoms with Crippen molar-refractivity contribution < 1.29 is 19.4 Å². The minimum absolute atomic E-state index is 0.0887. The Morgan fingerprint density at radius 1 is 1.67 bits per heavy atom. The number of ether oxygens (including phenoxy) is 1. The molecule has 1 aliphatic rings. The van der Waals surface area contributed by atoms with Crippen molar-refractivity contribution in [3.63, 3.8) is 0 Å². The Morgan fingerprint density at radius 3 is 2.94 bits per heavy atom. The van der Waals surface area contributed by atoms with Crippen molar-refractivity contribution in [3.8, 4) is 0 Å². The fourth-order valence-electron chi connectivity index (χ4n) is 1.76. The van der Waals surface area contributed by atoms with Gasteiger partial charge in [-0.25, -0.2) is 0 Å². The second-order valence-corrected chi connectivity index (χ2v) is 5.68. The number of carbonyl (C=O) groups is 2. The fraction of sp³-hybridized carbons (Fsp3) is 0.455. The third-order valence-corrected chi connectivity index (χ3v) is 4.41. The zero-order valence-corrected chi connectivity index (χ0v) is 11.2. The lowest BCUT2D eigenvalue weighted by atomic mass is 9.85. The van der Waals surface area contributed by atoms with Crippen LogP contribution in [0.3, 0.4) is 0 Å². The predicted molar refractivity (Wildman–Crippen MR) is 67.1 cm³/mol. The normalized spacial score (nSPS) is 27.1. The van der Waals surface area contributed by atoms with Gasteiger partial charge in [-0.05, 0) is 18.4 Å². The standard InChI is InChI=1S/C11H12ClNO4S/c1-11(10(15)16)5-17-4-7(11)13-9(14)8-6(12)2-3-18-8/h2-3,7H,4-5H2,1H3,(H,13,14)(H,15,16). The summed E-state index contributed by atoms with van der Waals surface area (Å²) < 4.78 is 5.16. The van der Waals surface area contributed by atoms with Crippen LogP contribution < -0.4 is 5.32 Å². The molecule has 0 bridgehead atoms. The largest absolute Gasteiger partial charge is 0.481 e. The van der Waals surface area contributed by atoms with E-state index in [0.717, 1.165) is 0 Å². The van der Waals surface area contributed by atoms with Crippen molar-refractivity contribution >= 4 is 34.8 Å². The van der Waals surface area contributed by atoms with Gasteiger partial charge >= 0.3 is 5.97 Å². The minimum Gasteiger partial charge on any atom is -0.481 e. The molecule has 7 heteroatoms. The molecule has 0 aromatic carbocycles. The molecule has 18 heavy (non-hydrogen) atoms. The molecule has 0 aliphatic carbocycles. The van der Waals surface area contributed by atoms with Crippen LogP contribution >= 0.6 is 22.9 Å². The number of hydrogen-bond acceptors (Lipinski definition) is 4. The average Bonchev–Trinajstić information content (AvgIpc) is 2.87. The first-order valence-corrected chi connectivity index (χ1v) is 6.56. The first-order chi connectivity index (χ1) is 8.45. The van der Waals surface area contributed by atoms with E-state index >= 15 is 0 Å². The Bertz CT molecular complexity index is 489. The summed E-state index contributed by atoms with van der Waals surface area (Å²) in [6, 6.07) is 1.07. The Hall–Kier alpha value is -1.11. The fourth-order valence-corrected chi connectivity index (χ4v) is 2.81.